The fourth-order valence-electron chi connectivity index (χ4n) is 2.22. The zero-order valence-electron chi connectivity index (χ0n) is 10.5. The second kappa shape index (κ2) is 5.80. The van der Waals surface area contributed by atoms with E-state index < -0.39 is 6.17 Å². The van der Waals surface area contributed by atoms with Crippen LogP contribution in [0.5, 0.6) is 0 Å². The van der Waals surface area contributed by atoms with E-state index in [2.05, 4.69) is 37.9 Å². The standard InChI is InChI=1S/C12H25FN2/c1-9(2)14-12-6-5-7-15(10(3)4)8-11(12)13/h9-12,14H,5-8H2,1-4H3. The molecular weight excluding hydrogens is 191 g/mol. The van der Waals surface area contributed by atoms with Gasteiger partial charge in [-0.1, -0.05) is 13.8 Å². The minimum absolute atomic E-state index is 0.0498. The lowest BCUT2D eigenvalue weighted by Crippen LogP contribution is -2.45. The van der Waals surface area contributed by atoms with Crippen LogP contribution in [0, 0.1) is 0 Å². The number of nitrogens with one attached hydrogen (secondary N) is 1. The molecule has 0 saturated carbocycles. The van der Waals surface area contributed by atoms with E-state index in [4.69, 9.17) is 0 Å². The molecule has 0 aliphatic carbocycles. The van der Waals surface area contributed by atoms with Crippen molar-refractivity contribution in [2.24, 2.45) is 0 Å². The molecule has 2 atom stereocenters. The van der Waals surface area contributed by atoms with Gasteiger partial charge in [0.05, 0.1) is 0 Å². The van der Waals surface area contributed by atoms with Crippen LogP contribution >= 0.6 is 0 Å². The van der Waals surface area contributed by atoms with Crippen molar-refractivity contribution in [2.45, 2.75) is 64.8 Å². The van der Waals surface area contributed by atoms with E-state index >= 15 is 0 Å². The average Bonchev–Trinajstić information content (AvgIpc) is 2.28. The summed E-state index contributed by atoms with van der Waals surface area (Å²) in [6.45, 7) is 10.1. The summed E-state index contributed by atoms with van der Waals surface area (Å²) in [5.74, 6) is 0. The predicted molar refractivity (Wildman–Crippen MR) is 62.9 cm³/mol. The molecule has 0 spiro atoms. The summed E-state index contributed by atoms with van der Waals surface area (Å²) in [5, 5.41) is 3.33. The van der Waals surface area contributed by atoms with Gasteiger partial charge < -0.3 is 5.32 Å². The molecule has 2 unspecified atom stereocenters. The Morgan fingerprint density at radius 3 is 2.47 bits per heavy atom. The molecule has 0 amide bonds. The monoisotopic (exact) mass is 216 g/mol. The number of likely N-dealkylation sites (tertiary alicyclic amines) is 1. The van der Waals surface area contributed by atoms with E-state index in [-0.39, 0.29) is 6.04 Å². The van der Waals surface area contributed by atoms with Crippen LogP contribution in [-0.4, -0.2) is 42.3 Å². The molecule has 3 heteroatoms. The van der Waals surface area contributed by atoms with Gasteiger partial charge in [0.1, 0.15) is 6.17 Å². The first-order valence-corrected chi connectivity index (χ1v) is 6.15. The minimum Gasteiger partial charge on any atom is -0.309 e. The van der Waals surface area contributed by atoms with Crippen LogP contribution in [0.15, 0.2) is 0 Å². The molecule has 0 bridgehead atoms. The molecule has 15 heavy (non-hydrogen) atoms. The van der Waals surface area contributed by atoms with Crippen molar-refractivity contribution in [3.63, 3.8) is 0 Å². The number of nitrogens with zero attached hydrogens (tertiary/aromatic N) is 1. The normalized spacial score (nSPS) is 29.8. The topological polar surface area (TPSA) is 15.3 Å². The van der Waals surface area contributed by atoms with E-state index in [0.29, 0.717) is 18.6 Å². The van der Waals surface area contributed by atoms with Crippen LogP contribution in [0.3, 0.4) is 0 Å². The lowest BCUT2D eigenvalue weighted by molar-refractivity contribution is 0.154. The quantitative estimate of drug-likeness (QED) is 0.778. The number of alkyl halides is 1. The molecule has 2 nitrogen and oxygen atoms in total. The van der Waals surface area contributed by atoms with E-state index in [1.807, 2.05) is 0 Å². The fourth-order valence-corrected chi connectivity index (χ4v) is 2.22. The van der Waals surface area contributed by atoms with E-state index in [1.165, 1.54) is 0 Å². The Labute approximate surface area is 93.2 Å². The van der Waals surface area contributed by atoms with E-state index in [1.54, 1.807) is 0 Å². The molecule has 0 aromatic rings. The zero-order chi connectivity index (χ0) is 11.4. The fraction of sp³-hybridized carbons (Fsp3) is 1.00. The highest BCUT2D eigenvalue weighted by Crippen LogP contribution is 2.16. The van der Waals surface area contributed by atoms with Crippen molar-refractivity contribution in [2.75, 3.05) is 13.1 Å². The molecule has 0 aromatic carbocycles. The second-order valence-corrected chi connectivity index (χ2v) is 5.17. The maximum Gasteiger partial charge on any atom is 0.128 e. The molecule has 1 aliphatic heterocycles. The Balaban J connectivity index is 2.50. The molecule has 1 fully saturated rings. The third-order valence-electron chi connectivity index (χ3n) is 3.08. The summed E-state index contributed by atoms with van der Waals surface area (Å²) in [7, 11) is 0. The summed E-state index contributed by atoms with van der Waals surface area (Å²) in [4.78, 5) is 2.24. The largest absolute Gasteiger partial charge is 0.309 e. The number of hydrogen-bond donors (Lipinski definition) is 1. The third-order valence-corrected chi connectivity index (χ3v) is 3.08. The smallest absolute Gasteiger partial charge is 0.128 e. The highest BCUT2D eigenvalue weighted by atomic mass is 19.1. The Bertz CT molecular complexity index is 182. The second-order valence-electron chi connectivity index (χ2n) is 5.17. The van der Waals surface area contributed by atoms with E-state index in [0.717, 1.165) is 19.4 Å². The molecule has 1 heterocycles. The van der Waals surface area contributed by atoms with Crippen LogP contribution in [0.1, 0.15) is 40.5 Å². The Hall–Kier alpha value is -0.150. The first-order valence-electron chi connectivity index (χ1n) is 6.15. The summed E-state index contributed by atoms with van der Waals surface area (Å²) in [5.41, 5.74) is 0. The molecule has 0 radical (unpaired) electrons. The van der Waals surface area contributed by atoms with Gasteiger partial charge in [-0.15, -0.1) is 0 Å². The van der Waals surface area contributed by atoms with Gasteiger partial charge in [0.15, 0.2) is 0 Å². The Morgan fingerprint density at radius 1 is 1.27 bits per heavy atom. The van der Waals surface area contributed by atoms with Crippen molar-refractivity contribution < 1.29 is 4.39 Å². The first-order chi connectivity index (χ1) is 7.00. The number of hydrogen-bond acceptors (Lipinski definition) is 2. The summed E-state index contributed by atoms with van der Waals surface area (Å²) in [6, 6.07) is 0.883. The summed E-state index contributed by atoms with van der Waals surface area (Å²) < 4.78 is 14.0. The predicted octanol–water partition coefficient (Wildman–Crippen LogP) is 2.20. The molecule has 90 valence electrons. The summed E-state index contributed by atoms with van der Waals surface area (Å²) >= 11 is 0. The number of rotatable bonds is 3. The lowest BCUT2D eigenvalue weighted by atomic mass is 10.1. The average molecular weight is 216 g/mol. The van der Waals surface area contributed by atoms with Gasteiger partial charge in [0.2, 0.25) is 0 Å². The lowest BCUT2D eigenvalue weighted by Gasteiger charge is -2.27. The van der Waals surface area contributed by atoms with Gasteiger partial charge in [-0.05, 0) is 33.2 Å². The van der Waals surface area contributed by atoms with Gasteiger partial charge in [-0.2, -0.15) is 0 Å². The Morgan fingerprint density at radius 2 is 1.93 bits per heavy atom. The maximum absolute atomic E-state index is 14.0. The minimum atomic E-state index is -0.725. The SMILES string of the molecule is CC(C)NC1CCCN(C(C)C)CC1F. The van der Waals surface area contributed by atoms with Crippen LogP contribution in [-0.2, 0) is 0 Å². The molecule has 1 saturated heterocycles. The molecule has 1 N–H and O–H groups in total. The van der Waals surface area contributed by atoms with Gasteiger partial charge in [0.25, 0.3) is 0 Å². The van der Waals surface area contributed by atoms with Crippen molar-refractivity contribution in [1.29, 1.82) is 0 Å². The highest BCUT2D eigenvalue weighted by molar-refractivity contribution is 4.84. The molecule has 1 rings (SSSR count). The van der Waals surface area contributed by atoms with Crippen molar-refractivity contribution in [3.8, 4) is 0 Å². The van der Waals surface area contributed by atoms with Gasteiger partial charge in [-0.25, -0.2) is 4.39 Å². The summed E-state index contributed by atoms with van der Waals surface area (Å²) in [6.07, 6.45) is 1.34. The third kappa shape index (κ3) is 4.07. The van der Waals surface area contributed by atoms with Crippen molar-refractivity contribution >= 4 is 0 Å². The van der Waals surface area contributed by atoms with Crippen molar-refractivity contribution in [3.05, 3.63) is 0 Å². The van der Waals surface area contributed by atoms with Crippen LogP contribution < -0.4 is 5.32 Å². The van der Waals surface area contributed by atoms with Crippen LogP contribution in [0.2, 0.25) is 0 Å². The van der Waals surface area contributed by atoms with Gasteiger partial charge in [0, 0.05) is 24.7 Å². The maximum atomic E-state index is 14.0. The molecule has 0 aromatic heterocycles. The molecule has 1 aliphatic rings. The number of halogens is 1. The van der Waals surface area contributed by atoms with Crippen LogP contribution in [0.25, 0.3) is 0 Å². The van der Waals surface area contributed by atoms with E-state index in [9.17, 15) is 4.39 Å². The first kappa shape index (κ1) is 12.9. The van der Waals surface area contributed by atoms with Crippen LogP contribution in [0.4, 0.5) is 4.39 Å². The van der Waals surface area contributed by atoms with Gasteiger partial charge in [-0.3, -0.25) is 4.90 Å². The molecular formula is C12H25FN2. The highest BCUT2D eigenvalue weighted by Gasteiger charge is 2.27. The van der Waals surface area contributed by atoms with Crippen molar-refractivity contribution in [1.82, 2.24) is 10.2 Å². The van der Waals surface area contributed by atoms with Gasteiger partial charge >= 0.3 is 0 Å². The zero-order valence-corrected chi connectivity index (χ0v) is 10.5. The Kier molecular flexibility index (Phi) is 5.00.